The number of sulfone groups is 1. The summed E-state index contributed by atoms with van der Waals surface area (Å²) in [5.74, 6) is 0.649. The third-order valence-electron chi connectivity index (χ3n) is 5.15. The summed E-state index contributed by atoms with van der Waals surface area (Å²) in [6, 6.07) is 6.53. The van der Waals surface area contributed by atoms with Gasteiger partial charge < -0.3 is 24.4 Å². The number of benzene rings is 1. The Morgan fingerprint density at radius 2 is 2.03 bits per heavy atom. The quantitative estimate of drug-likeness (QED) is 0.419. The molecule has 0 spiro atoms. The van der Waals surface area contributed by atoms with Crippen molar-refractivity contribution >= 4 is 15.7 Å². The van der Waals surface area contributed by atoms with Crippen LogP contribution in [0.3, 0.4) is 0 Å². The number of nitrogens with one attached hydrogen (secondary N) is 1. The van der Waals surface area contributed by atoms with Gasteiger partial charge in [-0.15, -0.1) is 0 Å². The molecule has 0 aliphatic carbocycles. The molecule has 2 atom stereocenters. The first-order valence-corrected chi connectivity index (χ1v) is 11.7. The number of amides is 1. The average molecular weight is 452 g/mol. The molecule has 0 aromatic heterocycles. The van der Waals surface area contributed by atoms with Crippen molar-refractivity contribution in [1.82, 2.24) is 10.2 Å². The van der Waals surface area contributed by atoms with Crippen LogP contribution in [0.25, 0.3) is 0 Å². The fourth-order valence-corrected chi connectivity index (χ4v) is 5.11. The molecule has 10 heteroatoms. The summed E-state index contributed by atoms with van der Waals surface area (Å²) in [6.07, 6.45) is 1.88. The molecule has 31 heavy (non-hydrogen) atoms. The zero-order valence-corrected chi connectivity index (χ0v) is 19.1. The van der Waals surface area contributed by atoms with Gasteiger partial charge in [0.2, 0.25) is 0 Å². The highest BCUT2D eigenvalue weighted by atomic mass is 32.2. The molecule has 1 fully saturated rings. The predicted octanol–water partition coefficient (Wildman–Crippen LogP) is 1.42. The van der Waals surface area contributed by atoms with E-state index in [1.165, 1.54) is 27.5 Å². The lowest BCUT2D eigenvalue weighted by Crippen LogP contribution is -2.36. The second-order valence-electron chi connectivity index (χ2n) is 7.25. The first-order valence-electron chi connectivity index (χ1n) is 9.84. The topological polar surface area (TPSA) is 118 Å². The lowest BCUT2D eigenvalue weighted by Gasteiger charge is -2.26. The Labute approximate surface area is 183 Å². The number of carbonyl (C=O) groups excluding carboxylic acids is 1. The molecule has 0 bridgehead atoms. The van der Waals surface area contributed by atoms with Crippen LogP contribution in [-0.2, 0) is 19.4 Å². The molecule has 1 aliphatic rings. The number of nitriles is 1. The van der Waals surface area contributed by atoms with Crippen molar-refractivity contribution in [3.63, 3.8) is 0 Å². The molecule has 1 amide bonds. The van der Waals surface area contributed by atoms with Crippen LogP contribution in [0.4, 0.5) is 0 Å². The molecule has 2 rings (SSSR count). The summed E-state index contributed by atoms with van der Waals surface area (Å²) in [6.45, 7) is 2.51. The Balaban J connectivity index is 2.18. The molecule has 0 radical (unpaired) electrons. The van der Waals surface area contributed by atoms with Crippen molar-refractivity contribution < 1.29 is 27.4 Å². The molecule has 1 aliphatic heterocycles. The summed E-state index contributed by atoms with van der Waals surface area (Å²) < 4.78 is 39.3. The fraction of sp³-hybridized carbons (Fsp3) is 0.524. The highest BCUT2D eigenvalue weighted by molar-refractivity contribution is 7.91. The van der Waals surface area contributed by atoms with Crippen LogP contribution in [-0.4, -0.2) is 71.3 Å². The van der Waals surface area contributed by atoms with E-state index in [9.17, 15) is 18.5 Å². The van der Waals surface area contributed by atoms with Crippen LogP contribution < -0.4 is 14.8 Å². The second-order valence-corrected chi connectivity index (χ2v) is 9.48. The van der Waals surface area contributed by atoms with Gasteiger partial charge in [0.15, 0.2) is 21.3 Å². The molecule has 2 unspecified atom stereocenters. The highest BCUT2D eigenvalue weighted by Gasteiger charge is 2.31. The van der Waals surface area contributed by atoms with Gasteiger partial charge in [-0.1, -0.05) is 6.07 Å². The number of ether oxygens (including phenoxy) is 3. The SMILES string of the molecule is COCCN(/C=C(/C#N)C(=O)NC(C)c1ccc(OC)c(OC)c1)C1CCS(=O)(=O)C1. The molecule has 9 nitrogen and oxygen atoms in total. The van der Waals surface area contributed by atoms with E-state index in [0.29, 0.717) is 31.1 Å². The van der Waals surface area contributed by atoms with Crippen molar-refractivity contribution in [2.45, 2.75) is 25.4 Å². The van der Waals surface area contributed by atoms with Crippen molar-refractivity contribution in [2.24, 2.45) is 0 Å². The largest absolute Gasteiger partial charge is 0.493 e. The molecule has 1 aromatic rings. The number of hydrogen-bond acceptors (Lipinski definition) is 8. The predicted molar refractivity (Wildman–Crippen MR) is 115 cm³/mol. The van der Waals surface area contributed by atoms with Crippen LogP contribution in [0.5, 0.6) is 11.5 Å². The monoisotopic (exact) mass is 451 g/mol. The number of methoxy groups -OCH3 is 3. The maximum absolute atomic E-state index is 12.8. The van der Waals surface area contributed by atoms with Crippen LogP contribution in [0.2, 0.25) is 0 Å². The minimum Gasteiger partial charge on any atom is -0.493 e. The Bertz CT molecular complexity index is 954. The van der Waals surface area contributed by atoms with Crippen molar-refractivity contribution in [2.75, 3.05) is 46.0 Å². The summed E-state index contributed by atoms with van der Waals surface area (Å²) in [4.78, 5) is 14.5. The van der Waals surface area contributed by atoms with E-state index in [1.54, 1.807) is 30.0 Å². The average Bonchev–Trinajstić information content (AvgIpc) is 3.12. The zero-order valence-electron chi connectivity index (χ0n) is 18.3. The first kappa shape index (κ1) is 24.5. The van der Waals surface area contributed by atoms with E-state index in [-0.39, 0.29) is 23.1 Å². The molecule has 1 heterocycles. The Hall–Kier alpha value is -2.77. The first-order chi connectivity index (χ1) is 14.7. The van der Waals surface area contributed by atoms with E-state index >= 15 is 0 Å². The molecular formula is C21H29N3O6S. The van der Waals surface area contributed by atoms with Crippen LogP contribution in [0, 0.1) is 11.3 Å². The number of hydrogen-bond donors (Lipinski definition) is 1. The maximum atomic E-state index is 12.8. The van der Waals surface area contributed by atoms with Crippen molar-refractivity contribution in [3.05, 3.63) is 35.5 Å². The smallest absolute Gasteiger partial charge is 0.263 e. The van der Waals surface area contributed by atoms with E-state index in [0.717, 1.165) is 5.56 Å². The Kier molecular flexibility index (Phi) is 8.71. The van der Waals surface area contributed by atoms with Gasteiger partial charge in [0.1, 0.15) is 11.6 Å². The highest BCUT2D eigenvalue weighted by Crippen LogP contribution is 2.30. The Morgan fingerprint density at radius 1 is 1.32 bits per heavy atom. The fourth-order valence-electron chi connectivity index (χ4n) is 3.37. The maximum Gasteiger partial charge on any atom is 0.263 e. The van der Waals surface area contributed by atoms with Crippen molar-refractivity contribution in [1.29, 1.82) is 5.26 Å². The molecule has 170 valence electrons. The van der Waals surface area contributed by atoms with Gasteiger partial charge in [-0.3, -0.25) is 4.79 Å². The van der Waals surface area contributed by atoms with Crippen LogP contribution in [0.1, 0.15) is 24.9 Å². The van der Waals surface area contributed by atoms with Gasteiger partial charge in [-0.25, -0.2) is 8.42 Å². The molecule has 1 saturated heterocycles. The normalized spacial score (nSPS) is 18.7. The standard InChI is InChI=1S/C21H29N3O6S/c1-15(16-5-6-19(29-3)20(11-16)30-4)23-21(25)17(12-22)13-24(8-9-28-2)18-7-10-31(26,27)14-18/h5-6,11,13,15,18H,7-10,14H2,1-4H3,(H,23,25)/b17-13-. The molecule has 1 aromatic carbocycles. The van der Waals surface area contributed by atoms with E-state index in [1.807, 2.05) is 6.07 Å². The second kappa shape index (κ2) is 11.0. The summed E-state index contributed by atoms with van der Waals surface area (Å²) >= 11 is 0. The summed E-state index contributed by atoms with van der Waals surface area (Å²) in [5.41, 5.74) is 0.675. The number of rotatable bonds is 10. The van der Waals surface area contributed by atoms with Gasteiger partial charge in [0.25, 0.3) is 5.91 Å². The van der Waals surface area contributed by atoms with Gasteiger partial charge in [0.05, 0.1) is 38.4 Å². The Morgan fingerprint density at radius 3 is 2.58 bits per heavy atom. The molecular weight excluding hydrogens is 422 g/mol. The van der Waals surface area contributed by atoms with E-state index in [2.05, 4.69) is 5.32 Å². The van der Waals surface area contributed by atoms with Crippen LogP contribution in [0.15, 0.2) is 30.0 Å². The van der Waals surface area contributed by atoms with Gasteiger partial charge >= 0.3 is 0 Å². The van der Waals surface area contributed by atoms with Crippen molar-refractivity contribution in [3.8, 4) is 17.6 Å². The minimum absolute atomic E-state index is 0.00438. The molecule has 0 saturated carbocycles. The van der Waals surface area contributed by atoms with E-state index in [4.69, 9.17) is 14.2 Å². The number of nitrogens with zero attached hydrogens (tertiary/aromatic N) is 2. The lowest BCUT2D eigenvalue weighted by molar-refractivity contribution is -0.117. The van der Waals surface area contributed by atoms with Gasteiger partial charge in [-0.2, -0.15) is 5.26 Å². The van der Waals surface area contributed by atoms with Crippen LogP contribution >= 0.6 is 0 Å². The minimum atomic E-state index is -3.11. The van der Waals surface area contributed by atoms with E-state index < -0.39 is 21.8 Å². The third-order valence-corrected chi connectivity index (χ3v) is 6.90. The van der Waals surface area contributed by atoms with Gasteiger partial charge in [0, 0.05) is 25.9 Å². The zero-order chi connectivity index (χ0) is 23.0. The summed E-state index contributed by atoms with van der Waals surface area (Å²) in [5, 5.41) is 12.4. The third kappa shape index (κ3) is 6.60. The molecule has 1 N–H and O–H groups in total. The number of carbonyl (C=O) groups is 1. The summed E-state index contributed by atoms with van der Waals surface area (Å²) in [7, 11) is 1.49. The van der Waals surface area contributed by atoms with Gasteiger partial charge in [-0.05, 0) is 31.0 Å². The lowest BCUT2D eigenvalue weighted by atomic mass is 10.1.